The smallest absolute Gasteiger partial charge is 0.351 e. The number of halogens is 2. The Labute approximate surface area is 198 Å². The maximum Gasteiger partial charge on any atom is 0.351 e. The average molecular weight is 483 g/mol. The van der Waals surface area contributed by atoms with Crippen molar-refractivity contribution in [1.82, 2.24) is 0 Å². The van der Waals surface area contributed by atoms with Gasteiger partial charge >= 0.3 is 11.9 Å². The number of alkyl halides is 2. The molecule has 4 aliphatic carbocycles. The van der Waals surface area contributed by atoms with Crippen molar-refractivity contribution in [2.75, 3.05) is 7.11 Å². The van der Waals surface area contributed by atoms with Gasteiger partial charge in [0.2, 0.25) is 5.60 Å². The first-order valence-electron chi connectivity index (χ1n) is 11.6. The number of aliphatic hydroxyl groups is 1. The summed E-state index contributed by atoms with van der Waals surface area (Å²) in [5, 5.41) is 11.6. The molecule has 0 bridgehead atoms. The SMILES string of the molecule is CCC(=O)OC1(C(=O)OC)C(C)CC2C3CC(F)C4=CC(=O)C=CC4(C)C3(Cl)C(O)CC21C. The lowest BCUT2D eigenvalue weighted by Crippen LogP contribution is -2.70. The second-order valence-corrected chi connectivity index (χ2v) is 11.2. The van der Waals surface area contributed by atoms with E-state index >= 15 is 4.39 Å². The number of hydrogen-bond acceptors (Lipinski definition) is 6. The van der Waals surface area contributed by atoms with Crippen molar-refractivity contribution >= 4 is 29.3 Å². The molecular formula is C25H32ClFO6. The molecule has 4 rings (SSSR count). The summed E-state index contributed by atoms with van der Waals surface area (Å²) in [5.41, 5.74) is -3.42. The summed E-state index contributed by atoms with van der Waals surface area (Å²) < 4.78 is 26.6. The van der Waals surface area contributed by atoms with Gasteiger partial charge in [0, 0.05) is 23.2 Å². The molecule has 0 radical (unpaired) electrons. The van der Waals surface area contributed by atoms with E-state index < -0.39 is 57.4 Å². The summed E-state index contributed by atoms with van der Waals surface area (Å²) in [6.45, 7) is 7.06. The van der Waals surface area contributed by atoms with Crippen LogP contribution in [0.3, 0.4) is 0 Å². The normalized spacial score (nSPS) is 48.3. The quantitative estimate of drug-likeness (QED) is 0.487. The fourth-order valence-corrected chi connectivity index (χ4v) is 8.11. The van der Waals surface area contributed by atoms with Crippen LogP contribution in [0.5, 0.6) is 0 Å². The van der Waals surface area contributed by atoms with Crippen LogP contribution in [-0.4, -0.2) is 52.7 Å². The number of ether oxygens (including phenoxy) is 2. The van der Waals surface area contributed by atoms with E-state index in [1.54, 1.807) is 19.9 Å². The fourth-order valence-electron chi connectivity index (χ4n) is 7.62. The Morgan fingerprint density at radius 2 is 1.94 bits per heavy atom. The van der Waals surface area contributed by atoms with Gasteiger partial charge in [0.05, 0.1) is 18.1 Å². The van der Waals surface area contributed by atoms with Crippen molar-refractivity contribution in [1.29, 1.82) is 0 Å². The lowest BCUT2D eigenvalue weighted by Gasteiger charge is -2.64. The van der Waals surface area contributed by atoms with Gasteiger partial charge in [-0.1, -0.05) is 33.8 Å². The summed E-state index contributed by atoms with van der Waals surface area (Å²) in [7, 11) is 1.25. The van der Waals surface area contributed by atoms with Crippen molar-refractivity contribution < 1.29 is 33.4 Å². The Bertz CT molecular complexity index is 963. The predicted molar refractivity (Wildman–Crippen MR) is 119 cm³/mol. The number of hydrogen-bond donors (Lipinski definition) is 1. The topological polar surface area (TPSA) is 89.9 Å². The van der Waals surface area contributed by atoms with Crippen LogP contribution in [0.4, 0.5) is 4.39 Å². The summed E-state index contributed by atoms with van der Waals surface area (Å²) in [6.07, 6.45) is 2.33. The zero-order valence-corrected chi connectivity index (χ0v) is 20.4. The van der Waals surface area contributed by atoms with E-state index in [2.05, 4.69) is 0 Å². The Morgan fingerprint density at radius 1 is 1.27 bits per heavy atom. The first kappa shape index (κ1) is 24.4. The van der Waals surface area contributed by atoms with Gasteiger partial charge in [0.25, 0.3) is 0 Å². The number of rotatable bonds is 3. The zero-order valence-electron chi connectivity index (χ0n) is 19.7. The molecule has 182 valence electrons. The lowest BCUT2D eigenvalue weighted by molar-refractivity contribution is -0.215. The Balaban J connectivity index is 1.88. The molecule has 0 amide bonds. The highest BCUT2D eigenvalue weighted by atomic mass is 35.5. The van der Waals surface area contributed by atoms with Crippen molar-refractivity contribution in [3.05, 3.63) is 23.8 Å². The second kappa shape index (κ2) is 7.64. The van der Waals surface area contributed by atoms with Crippen LogP contribution < -0.4 is 0 Å². The number of ketones is 1. The van der Waals surface area contributed by atoms with E-state index in [4.69, 9.17) is 21.1 Å². The maximum atomic E-state index is 15.6. The second-order valence-electron chi connectivity index (χ2n) is 10.6. The van der Waals surface area contributed by atoms with Crippen molar-refractivity contribution in [3.8, 4) is 0 Å². The van der Waals surface area contributed by atoms with Crippen molar-refractivity contribution in [2.45, 2.75) is 76.1 Å². The van der Waals surface area contributed by atoms with Crippen LogP contribution in [0.25, 0.3) is 0 Å². The minimum Gasteiger partial charge on any atom is -0.466 e. The van der Waals surface area contributed by atoms with Gasteiger partial charge in [-0.05, 0) is 48.8 Å². The molecule has 9 unspecified atom stereocenters. The number of carbonyl (C=O) groups excluding carboxylic acids is 3. The van der Waals surface area contributed by atoms with Gasteiger partial charge in [-0.25, -0.2) is 9.18 Å². The maximum absolute atomic E-state index is 15.6. The van der Waals surface area contributed by atoms with Crippen molar-refractivity contribution in [2.24, 2.45) is 28.6 Å². The number of esters is 2. The molecule has 33 heavy (non-hydrogen) atoms. The molecule has 6 nitrogen and oxygen atoms in total. The summed E-state index contributed by atoms with van der Waals surface area (Å²) in [5.74, 6) is -2.78. The number of allylic oxidation sites excluding steroid dienone is 4. The van der Waals surface area contributed by atoms with Gasteiger partial charge in [-0.2, -0.15) is 0 Å². The molecule has 0 aromatic carbocycles. The summed E-state index contributed by atoms with van der Waals surface area (Å²) in [6, 6.07) is 0. The Hall–Kier alpha value is -1.73. The molecule has 0 heterocycles. The van der Waals surface area contributed by atoms with E-state index in [9.17, 15) is 19.5 Å². The highest BCUT2D eigenvalue weighted by molar-refractivity contribution is 6.26. The molecule has 0 aromatic rings. The Kier molecular flexibility index (Phi) is 5.65. The first-order chi connectivity index (χ1) is 15.3. The van der Waals surface area contributed by atoms with E-state index in [0.717, 1.165) is 0 Å². The minimum atomic E-state index is -1.61. The number of fused-ring (bicyclic) bond motifs is 5. The molecular weight excluding hydrogens is 451 g/mol. The largest absolute Gasteiger partial charge is 0.466 e. The molecule has 9 atom stereocenters. The lowest BCUT2D eigenvalue weighted by atomic mass is 9.45. The highest BCUT2D eigenvalue weighted by Crippen LogP contribution is 2.72. The van der Waals surface area contributed by atoms with Crippen LogP contribution in [-0.2, 0) is 23.9 Å². The van der Waals surface area contributed by atoms with Gasteiger partial charge in [-0.3, -0.25) is 9.59 Å². The summed E-state index contributed by atoms with van der Waals surface area (Å²) >= 11 is 7.33. The van der Waals surface area contributed by atoms with Crippen LogP contribution >= 0.6 is 11.6 Å². The third-order valence-electron chi connectivity index (χ3n) is 9.22. The average Bonchev–Trinajstić information content (AvgIpc) is 2.98. The van der Waals surface area contributed by atoms with E-state index in [1.807, 2.05) is 13.8 Å². The highest BCUT2D eigenvalue weighted by Gasteiger charge is 2.77. The van der Waals surface area contributed by atoms with Gasteiger partial charge in [0.15, 0.2) is 5.78 Å². The molecule has 1 N–H and O–H groups in total. The summed E-state index contributed by atoms with van der Waals surface area (Å²) in [4.78, 5) is 36.5. The number of methoxy groups -OCH3 is 1. The van der Waals surface area contributed by atoms with Crippen LogP contribution in [0.1, 0.15) is 53.4 Å². The molecule has 8 heteroatoms. The molecule has 3 saturated carbocycles. The first-order valence-corrected chi connectivity index (χ1v) is 12.0. The van der Waals surface area contributed by atoms with E-state index in [0.29, 0.717) is 6.42 Å². The van der Waals surface area contributed by atoms with Gasteiger partial charge in [-0.15, -0.1) is 11.6 Å². The fraction of sp³-hybridized carbons (Fsp3) is 0.720. The van der Waals surface area contributed by atoms with Crippen LogP contribution in [0, 0.1) is 28.6 Å². The molecule has 0 spiro atoms. The van der Waals surface area contributed by atoms with E-state index in [1.165, 1.54) is 19.3 Å². The molecule has 0 saturated heterocycles. The number of carbonyl (C=O) groups is 3. The molecule has 0 aliphatic heterocycles. The number of aliphatic hydroxyl groups excluding tert-OH is 1. The third-order valence-corrected chi connectivity index (χ3v) is 10.1. The molecule has 3 fully saturated rings. The standard InChI is InChI=1S/C25H32ClFO6/c1-6-20(30)33-25(21(31)32-5)13(2)9-15-16-11-18(27)17-10-14(28)7-8-22(17,3)24(16,26)19(29)12-23(15,25)4/h7-8,10,13,15-16,18-19,29H,6,9,11-12H2,1-5H3. The van der Waals surface area contributed by atoms with Crippen LogP contribution in [0.15, 0.2) is 23.8 Å². The monoisotopic (exact) mass is 482 g/mol. The zero-order chi connectivity index (χ0) is 24.6. The minimum absolute atomic E-state index is 0.00898. The Morgan fingerprint density at radius 3 is 2.55 bits per heavy atom. The third kappa shape index (κ3) is 2.84. The van der Waals surface area contributed by atoms with Crippen LogP contribution in [0.2, 0.25) is 0 Å². The predicted octanol–water partition coefficient (Wildman–Crippen LogP) is 3.69. The molecule has 4 aliphatic rings. The van der Waals surface area contributed by atoms with Gasteiger partial charge in [0.1, 0.15) is 6.17 Å². The van der Waals surface area contributed by atoms with Gasteiger partial charge < -0.3 is 14.6 Å². The van der Waals surface area contributed by atoms with Crippen molar-refractivity contribution in [3.63, 3.8) is 0 Å². The van der Waals surface area contributed by atoms with E-state index in [-0.39, 0.29) is 36.5 Å². The molecule has 0 aromatic heterocycles.